The van der Waals surface area contributed by atoms with Gasteiger partial charge in [0.1, 0.15) is 23.3 Å². The minimum atomic E-state index is -1.05. The monoisotopic (exact) mass is 564 g/mol. The Morgan fingerprint density at radius 2 is 1.90 bits per heavy atom. The van der Waals surface area contributed by atoms with Gasteiger partial charge in [-0.05, 0) is 73.9 Å². The van der Waals surface area contributed by atoms with Gasteiger partial charge in [-0.3, -0.25) is 0 Å². The van der Waals surface area contributed by atoms with Gasteiger partial charge < -0.3 is 19.1 Å². The van der Waals surface area contributed by atoms with Crippen molar-refractivity contribution < 1.29 is 23.8 Å². The molecule has 0 radical (unpaired) electrons. The van der Waals surface area contributed by atoms with E-state index in [0.717, 1.165) is 56.7 Å². The molecule has 1 aliphatic carbocycles. The lowest BCUT2D eigenvalue weighted by atomic mass is 9.85. The van der Waals surface area contributed by atoms with Crippen molar-refractivity contribution in [1.82, 2.24) is 19.5 Å². The molecule has 0 bridgehead atoms. The molecule has 0 unspecified atom stereocenters. The van der Waals surface area contributed by atoms with Crippen LogP contribution in [0.4, 0.5) is 4.39 Å². The molecule has 3 aromatic heterocycles. The van der Waals surface area contributed by atoms with Crippen LogP contribution in [0, 0.1) is 11.7 Å². The van der Waals surface area contributed by atoms with Crippen molar-refractivity contribution in [3.63, 3.8) is 0 Å². The van der Waals surface area contributed by atoms with Crippen LogP contribution in [-0.2, 0) is 24.1 Å². The summed E-state index contributed by atoms with van der Waals surface area (Å²) in [5.41, 5.74) is 2.61. The molecule has 0 spiro atoms. The summed E-state index contributed by atoms with van der Waals surface area (Å²) < 4.78 is 28.2. The van der Waals surface area contributed by atoms with Crippen molar-refractivity contribution in [2.24, 2.45) is 5.92 Å². The molecule has 1 aliphatic heterocycles. The fourth-order valence-electron chi connectivity index (χ4n) is 5.51. The smallest absolute Gasteiger partial charge is 0.354 e. The van der Waals surface area contributed by atoms with Crippen LogP contribution in [-0.4, -0.2) is 49.4 Å². The first-order valence-electron chi connectivity index (χ1n) is 13.7. The van der Waals surface area contributed by atoms with Crippen molar-refractivity contribution in [2.45, 2.75) is 63.7 Å². The molecule has 0 amide bonds. The molecule has 40 heavy (non-hydrogen) atoms. The van der Waals surface area contributed by atoms with Crippen LogP contribution in [0.25, 0.3) is 11.2 Å². The molecule has 8 nitrogen and oxygen atoms in total. The lowest BCUT2D eigenvalue weighted by Gasteiger charge is -2.30. The summed E-state index contributed by atoms with van der Waals surface area (Å²) in [5.74, 6) is 0.521. The molecule has 10 heteroatoms. The standard InChI is InChI=1S/C30H30ClFN4O4/c31-20-7-6-19(24(32)16-20)15-21-2-1-3-28(33-21)40-22-8-4-18(5-9-22)14-27-34-25-10-11-26(30(37)38)35-29(25)36(27)17-23-12-13-39-23/h1-3,6-7,10-11,16,18,22-23H,4-5,8-9,12-15,17H2,(H,37,38)/t18?,22?,23-/m0/s1. The van der Waals surface area contributed by atoms with Gasteiger partial charge in [-0.25, -0.2) is 24.1 Å². The maximum atomic E-state index is 14.2. The highest BCUT2D eigenvalue weighted by atomic mass is 35.5. The number of pyridine rings is 2. The Morgan fingerprint density at radius 1 is 1.07 bits per heavy atom. The van der Waals surface area contributed by atoms with Gasteiger partial charge in [0.2, 0.25) is 5.88 Å². The summed E-state index contributed by atoms with van der Waals surface area (Å²) in [6.07, 6.45) is 6.06. The number of benzene rings is 1. The van der Waals surface area contributed by atoms with Gasteiger partial charge in [-0.2, -0.15) is 0 Å². The zero-order valence-electron chi connectivity index (χ0n) is 21.9. The quantitative estimate of drug-likeness (QED) is 0.271. The zero-order chi connectivity index (χ0) is 27.6. The first-order valence-corrected chi connectivity index (χ1v) is 14.1. The predicted molar refractivity (Wildman–Crippen MR) is 147 cm³/mol. The molecule has 208 valence electrons. The zero-order valence-corrected chi connectivity index (χ0v) is 22.7. The van der Waals surface area contributed by atoms with Gasteiger partial charge in [0.25, 0.3) is 0 Å². The van der Waals surface area contributed by atoms with E-state index in [1.807, 2.05) is 22.8 Å². The molecule has 1 N–H and O–H groups in total. The van der Waals surface area contributed by atoms with E-state index in [1.54, 1.807) is 18.2 Å². The molecule has 2 aliphatic rings. The van der Waals surface area contributed by atoms with Crippen LogP contribution in [0.3, 0.4) is 0 Å². The molecule has 1 aromatic carbocycles. The number of hydrogen-bond acceptors (Lipinski definition) is 6. The summed E-state index contributed by atoms with van der Waals surface area (Å²) in [6.45, 7) is 1.38. The number of halogens is 2. The first-order chi connectivity index (χ1) is 19.4. The minimum absolute atomic E-state index is 0.0170. The predicted octanol–water partition coefficient (Wildman–Crippen LogP) is 5.88. The molecule has 4 heterocycles. The average Bonchev–Trinajstić information content (AvgIpc) is 3.25. The number of ether oxygens (including phenoxy) is 2. The SMILES string of the molecule is O=C(O)c1ccc2nc(CC3CCC(Oc4cccc(Cc5ccc(Cl)cc5F)n4)CC3)n(C[C@@H]3CCO3)c2n1. The summed E-state index contributed by atoms with van der Waals surface area (Å²) in [6, 6.07) is 13.5. The largest absolute Gasteiger partial charge is 0.477 e. The Kier molecular flexibility index (Phi) is 7.67. The highest BCUT2D eigenvalue weighted by Gasteiger charge is 2.27. The Hall–Kier alpha value is -3.56. The number of rotatable bonds is 9. The summed E-state index contributed by atoms with van der Waals surface area (Å²) in [7, 11) is 0. The third-order valence-corrected chi connectivity index (χ3v) is 8.03. The third-order valence-electron chi connectivity index (χ3n) is 7.79. The van der Waals surface area contributed by atoms with E-state index >= 15 is 0 Å². The summed E-state index contributed by atoms with van der Waals surface area (Å²) >= 11 is 5.87. The van der Waals surface area contributed by atoms with Gasteiger partial charge in [0.15, 0.2) is 11.3 Å². The summed E-state index contributed by atoms with van der Waals surface area (Å²) in [4.78, 5) is 25.3. The topological polar surface area (TPSA) is 99.4 Å². The van der Waals surface area contributed by atoms with E-state index in [0.29, 0.717) is 46.5 Å². The first kappa shape index (κ1) is 26.7. The highest BCUT2D eigenvalue weighted by molar-refractivity contribution is 6.30. The number of nitrogens with zero attached hydrogens (tertiary/aromatic N) is 4. The number of carboxylic acid groups (broad SMARTS) is 1. The van der Waals surface area contributed by atoms with Crippen LogP contribution in [0.2, 0.25) is 5.02 Å². The van der Waals surface area contributed by atoms with Crippen LogP contribution in [0.1, 0.15) is 59.7 Å². The van der Waals surface area contributed by atoms with E-state index in [2.05, 4.69) is 9.97 Å². The van der Waals surface area contributed by atoms with Crippen LogP contribution < -0.4 is 4.74 Å². The lowest BCUT2D eigenvalue weighted by molar-refractivity contribution is -0.0591. The van der Waals surface area contributed by atoms with Crippen molar-refractivity contribution in [2.75, 3.05) is 6.61 Å². The average molecular weight is 565 g/mol. The number of aromatic nitrogens is 4. The second-order valence-electron chi connectivity index (χ2n) is 10.6. The third kappa shape index (κ3) is 5.95. The molecular weight excluding hydrogens is 535 g/mol. The Labute approximate surface area is 236 Å². The van der Waals surface area contributed by atoms with Crippen molar-refractivity contribution >= 4 is 28.7 Å². The van der Waals surface area contributed by atoms with E-state index in [1.165, 1.54) is 12.1 Å². The number of aromatic carboxylic acids is 1. The number of hydrogen-bond donors (Lipinski definition) is 1. The fraction of sp³-hybridized carbons (Fsp3) is 0.400. The Morgan fingerprint density at radius 3 is 2.62 bits per heavy atom. The van der Waals surface area contributed by atoms with E-state index in [9.17, 15) is 14.3 Å². The van der Waals surface area contributed by atoms with Crippen LogP contribution in [0.5, 0.6) is 5.88 Å². The lowest BCUT2D eigenvalue weighted by Crippen LogP contribution is -2.32. The molecule has 4 aromatic rings. The number of imidazole rings is 1. The maximum Gasteiger partial charge on any atom is 0.354 e. The van der Waals surface area contributed by atoms with Gasteiger partial charge >= 0.3 is 5.97 Å². The van der Waals surface area contributed by atoms with Gasteiger partial charge in [-0.15, -0.1) is 0 Å². The number of fused-ring (bicyclic) bond motifs is 1. The molecule has 1 atom stereocenters. The van der Waals surface area contributed by atoms with Crippen molar-refractivity contribution in [1.29, 1.82) is 0 Å². The maximum absolute atomic E-state index is 14.2. The van der Waals surface area contributed by atoms with Gasteiger partial charge in [0.05, 0.1) is 12.6 Å². The Balaban J connectivity index is 1.09. The molecule has 6 rings (SSSR count). The second kappa shape index (κ2) is 11.5. The molecule has 1 saturated heterocycles. The molecular formula is C30H30ClFN4O4. The Bertz CT molecular complexity index is 1530. The van der Waals surface area contributed by atoms with Crippen molar-refractivity contribution in [3.8, 4) is 5.88 Å². The highest BCUT2D eigenvalue weighted by Crippen LogP contribution is 2.31. The normalized spacial score (nSPS) is 20.8. The van der Waals surface area contributed by atoms with Crippen molar-refractivity contribution in [3.05, 3.63) is 82.1 Å². The summed E-state index contributed by atoms with van der Waals surface area (Å²) in [5, 5.41) is 9.79. The number of carbonyl (C=O) groups is 1. The van der Waals surface area contributed by atoms with E-state index in [4.69, 9.17) is 26.1 Å². The fourth-order valence-corrected chi connectivity index (χ4v) is 5.67. The van der Waals surface area contributed by atoms with Gasteiger partial charge in [-0.1, -0.05) is 23.7 Å². The van der Waals surface area contributed by atoms with Crippen LogP contribution in [0.15, 0.2) is 48.5 Å². The van der Waals surface area contributed by atoms with Crippen LogP contribution >= 0.6 is 11.6 Å². The minimum Gasteiger partial charge on any atom is -0.477 e. The van der Waals surface area contributed by atoms with E-state index < -0.39 is 5.97 Å². The molecule has 2 fully saturated rings. The van der Waals surface area contributed by atoms with E-state index in [-0.39, 0.29) is 23.7 Å². The van der Waals surface area contributed by atoms with Gasteiger partial charge in [0, 0.05) is 36.2 Å². The second-order valence-corrected chi connectivity index (χ2v) is 11.0. The molecule has 1 saturated carbocycles. The number of carboxylic acids is 1.